The van der Waals surface area contributed by atoms with Crippen LogP contribution in [-0.4, -0.2) is 64.4 Å². The van der Waals surface area contributed by atoms with Gasteiger partial charge in [0, 0.05) is 31.4 Å². The van der Waals surface area contributed by atoms with Gasteiger partial charge >= 0.3 is 0 Å². The Morgan fingerprint density at radius 2 is 1.94 bits per heavy atom. The first-order valence-corrected chi connectivity index (χ1v) is 12.4. The number of nitrogens with zero attached hydrogens (tertiary/aromatic N) is 4. The van der Waals surface area contributed by atoms with Crippen LogP contribution < -0.4 is 5.73 Å². The number of nitriles is 1. The van der Waals surface area contributed by atoms with E-state index in [0.29, 0.717) is 12.5 Å². The van der Waals surface area contributed by atoms with Crippen molar-refractivity contribution >= 4 is 5.91 Å². The number of piperazine rings is 1. The predicted molar refractivity (Wildman–Crippen MR) is 124 cm³/mol. The summed E-state index contributed by atoms with van der Waals surface area (Å²) in [6.07, 6.45) is 7.30. The quantitative estimate of drug-likeness (QED) is 0.689. The largest absolute Gasteiger partial charge is 0.358 e. The van der Waals surface area contributed by atoms with E-state index in [-0.39, 0.29) is 41.9 Å². The van der Waals surface area contributed by atoms with Gasteiger partial charge in [-0.2, -0.15) is 5.26 Å². The Balaban J connectivity index is 1.29. The fourth-order valence-electron chi connectivity index (χ4n) is 6.66. The van der Waals surface area contributed by atoms with E-state index in [0.717, 1.165) is 56.5 Å². The van der Waals surface area contributed by atoms with Crippen molar-refractivity contribution in [3.8, 4) is 6.07 Å². The molecule has 5 atom stereocenters. The molecular weight excluding hydrogens is 417 g/mol. The van der Waals surface area contributed by atoms with E-state index in [1.54, 1.807) is 0 Å². The lowest BCUT2D eigenvalue weighted by Gasteiger charge is -2.42. The lowest BCUT2D eigenvalue weighted by molar-refractivity contribution is -0.140. The Hall–Kier alpha value is -2.43. The third-order valence-electron chi connectivity index (χ3n) is 8.30. The summed E-state index contributed by atoms with van der Waals surface area (Å²) < 4.78 is 13.6. The number of hydrogen-bond acceptors (Lipinski definition) is 5. The maximum Gasteiger partial charge on any atom is 0.240 e. The van der Waals surface area contributed by atoms with Crippen molar-refractivity contribution in [2.45, 2.75) is 75.2 Å². The molecule has 1 saturated carbocycles. The summed E-state index contributed by atoms with van der Waals surface area (Å²) in [5.74, 6) is 0.379. The molecule has 1 amide bonds. The van der Waals surface area contributed by atoms with Crippen LogP contribution >= 0.6 is 0 Å². The number of hydrogen-bond donors (Lipinski definition) is 1. The average molecular weight is 452 g/mol. The van der Waals surface area contributed by atoms with Gasteiger partial charge < -0.3 is 15.5 Å². The van der Waals surface area contributed by atoms with Crippen molar-refractivity contribution in [3.05, 3.63) is 47.9 Å². The molecule has 3 heterocycles. The standard InChI is InChI=1S/C26H34FN5O/c1-17(31-12-4-7-21(31)14-28)23(29)16-30-15-22-13-24(30)26(33)32(22)25(18-5-2-3-6-18)19-8-10-20(27)11-9-19/h8-11,18,21-25H,1-7,12-13,15-16,29H2/t21?,22-,23?,24?,25?/m0/s1. The number of benzene rings is 1. The molecule has 1 aliphatic carbocycles. The molecule has 4 unspecified atom stereocenters. The van der Waals surface area contributed by atoms with E-state index in [1.165, 1.54) is 25.0 Å². The van der Waals surface area contributed by atoms with Crippen molar-refractivity contribution in [1.82, 2.24) is 14.7 Å². The van der Waals surface area contributed by atoms with E-state index >= 15 is 0 Å². The maximum absolute atomic E-state index is 13.6. The molecular formula is C26H34FN5O. The zero-order chi connectivity index (χ0) is 23.1. The summed E-state index contributed by atoms with van der Waals surface area (Å²) >= 11 is 0. The fraction of sp³-hybridized carbons (Fsp3) is 0.615. The highest BCUT2D eigenvalue weighted by Crippen LogP contribution is 2.46. The average Bonchev–Trinajstić information content (AvgIpc) is 3.60. The van der Waals surface area contributed by atoms with Gasteiger partial charge in [-0.15, -0.1) is 0 Å². The molecule has 3 saturated heterocycles. The third kappa shape index (κ3) is 4.04. The number of likely N-dealkylation sites (tertiary alicyclic amines) is 3. The molecule has 1 aromatic carbocycles. The van der Waals surface area contributed by atoms with Crippen molar-refractivity contribution in [2.24, 2.45) is 11.7 Å². The second-order valence-corrected chi connectivity index (χ2v) is 10.2. The number of nitrogens with two attached hydrogens (primary N) is 1. The highest BCUT2D eigenvalue weighted by atomic mass is 19.1. The smallest absolute Gasteiger partial charge is 0.240 e. The van der Waals surface area contributed by atoms with Crippen LogP contribution in [0.3, 0.4) is 0 Å². The Labute approximate surface area is 195 Å². The molecule has 4 fully saturated rings. The van der Waals surface area contributed by atoms with Gasteiger partial charge in [0.05, 0.1) is 24.2 Å². The van der Waals surface area contributed by atoms with E-state index in [1.807, 2.05) is 17.0 Å². The van der Waals surface area contributed by atoms with Gasteiger partial charge in [-0.05, 0) is 55.7 Å². The van der Waals surface area contributed by atoms with Gasteiger partial charge in [-0.3, -0.25) is 9.69 Å². The molecule has 0 radical (unpaired) electrons. The number of amides is 1. The normalized spacial score (nSPS) is 29.6. The molecule has 33 heavy (non-hydrogen) atoms. The summed E-state index contributed by atoms with van der Waals surface area (Å²) in [6, 6.07) is 8.71. The molecule has 6 nitrogen and oxygen atoms in total. The molecule has 0 aromatic heterocycles. The van der Waals surface area contributed by atoms with E-state index in [9.17, 15) is 14.4 Å². The molecule has 4 aliphatic rings. The second-order valence-electron chi connectivity index (χ2n) is 10.2. The van der Waals surface area contributed by atoms with E-state index in [4.69, 9.17) is 5.73 Å². The molecule has 5 rings (SSSR count). The molecule has 0 spiro atoms. The first-order valence-electron chi connectivity index (χ1n) is 12.4. The summed E-state index contributed by atoms with van der Waals surface area (Å²) in [5.41, 5.74) is 8.38. The van der Waals surface area contributed by atoms with E-state index < -0.39 is 0 Å². The van der Waals surface area contributed by atoms with Crippen LogP contribution in [-0.2, 0) is 4.79 Å². The zero-order valence-electron chi connectivity index (χ0n) is 19.2. The predicted octanol–water partition coefficient (Wildman–Crippen LogP) is 3.17. The lowest BCUT2D eigenvalue weighted by atomic mass is 9.89. The minimum atomic E-state index is -0.290. The van der Waals surface area contributed by atoms with Gasteiger partial charge in [0.1, 0.15) is 11.9 Å². The summed E-state index contributed by atoms with van der Waals surface area (Å²) in [4.78, 5) is 20.0. The molecule has 3 aliphatic heterocycles. The first-order chi connectivity index (χ1) is 16.0. The van der Waals surface area contributed by atoms with Crippen LogP contribution in [0.25, 0.3) is 0 Å². The Morgan fingerprint density at radius 1 is 1.21 bits per heavy atom. The monoisotopic (exact) mass is 451 g/mol. The van der Waals surface area contributed by atoms with E-state index in [2.05, 4.69) is 22.4 Å². The van der Waals surface area contributed by atoms with Gasteiger partial charge in [0.2, 0.25) is 5.91 Å². The number of carbonyl (C=O) groups excluding carboxylic acids is 1. The van der Waals surface area contributed by atoms with Crippen molar-refractivity contribution in [2.75, 3.05) is 19.6 Å². The van der Waals surface area contributed by atoms with Gasteiger partial charge in [-0.25, -0.2) is 4.39 Å². The summed E-state index contributed by atoms with van der Waals surface area (Å²) in [6.45, 7) is 6.41. The molecule has 7 heteroatoms. The minimum absolute atomic E-state index is 0.0300. The molecule has 176 valence electrons. The number of fused-ring (bicyclic) bond motifs is 2. The van der Waals surface area contributed by atoms with Crippen LogP contribution in [0.15, 0.2) is 36.5 Å². The maximum atomic E-state index is 13.6. The third-order valence-corrected chi connectivity index (χ3v) is 8.30. The number of carbonyl (C=O) groups is 1. The lowest BCUT2D eigenvalue weighted by Crippen LogP contribution is -2.55. The fourth-order valence-corrected chi connectivity index (χ4v) is 6.66. The van der Waals surface area contributed by atoms with Gasteiger partial charge in [0.15, 0.2) is 0 Å². The van der Waals surface area contributed by atoms with Crippen LogP contribution in [0.4, 0.5) is 4.39 Å². The van der Waals surface area contributed by atoms with Crippen molar-refractivity contribution < 1.29 is 9.18 Å². The molecule has 1 aromatic rings. The Kier molecular flexibility index (Phi) is 6.15. The first kappa shape index (κ1) is 22.4. The minimum Gasteiger partial charge on any atom is -0.358 e. The van der Waals surface area contributed by atoms with Gasteiger partial charge in [0.25, 0.3) is 0 Å². The van der Waals surface area contributed by atoms with Crippen LogP contribution in [0, 0.1) is 23.1 Å². The van der Waals surface area contributed by atoms with Crippen molar-refractivity contribution in [3.63, 3.8) is 0 Å². The highest BCUT2D eigenvalue weighted by Gasteiger charge is 2.53. The summed E-state index contributed by atoms with van der Waals surface area (Å²) in [5, 5.41) is 9.40. The van der Waals surface area contributed by atoms with Crippen LogP contribution in [0.1, 0.15) is 56.6 Å². The SMILES string of the molecule is C=C(C(N)CN1C[C@@H]2CC1C(=O)N2C(c1ccc(F)cc1)C1CCCC1)N1CCCC1C#N. The number of rotatable bonds is 7. The Bertz CT molecular complexity index is 937. The molecule has 2 N–H and O–H groups in total. The van der Waals surface area contributed by atoms with Gasteiger partial charge in [-0.1, -0.05) is 31.6 Å². The molecule has 2 bridgehead atoms. The second kappa shape index (κ2) is 9.08. The number of halogens is 1. The topological polar surface area (TPSA) is 76.6 Å². The summed E-state index contributed by atoms with van der Waals surface area (Å²) in [7, 11) is 0. The highest BCUT2D eigenvalue weighted by molar-refractivity contribution is 5.86. The Morgan fingerprint density at radius 3 is 2.61 bits per heavy atom. The zero-order valence-corrected chi connectivity index (χ0v) is 19.2. The van der Waals surface area contributed by atoms with Crippen molar-refractivity contribution in [1.29, 1.82) is 5.26 Å². The van der Waals surface area contributed by atoms with Crippen LogP contribution in [0.2, 0.25) is 0 Å². The van der Waals surface area contributed by atoms with Crippen LogP contribution in [0.5, 0.6) is 0 Å².